The maximum absolute atomic E-state index is 12.9. The zero-order chi connectivity index (χ0) is 16.3. The van der Waals surface area contributed by atoms with Gasteiger partial charge >= 0.3 is 6.18 Å². The highest BCUT2D eigenvalue weighted by Crippen LogP contribution is 2.31. The van der Waals surface area contributed by atoms with Gasteiger partial charge in [0, 0.05) is 25.5 Å². The van der Waals surface area contributed by atoms with Crippen molar-refractivity contribution in [3.05, 3.63) is 59.4 Å². The van der Waals surface area contributed by atoms with E-state index >= 15 is 0 Å². The number of amides is 1. The second kappa shape index (κ2) is 6.23. The predicted molar refractivity (Wildman–Crippen MR) is 74.2 cm³/mol. The molecule has 0 aliphatic heterocycles. The van der Waals surface area contributed by atoms with Crippen molar-refractivity contribution in [2.24, 2.45) is 7.05 Å². The first kappa shape index (κ1) is 16.1. The van der Waals surface area contributed by atoms with Crippen molar-refractivity contribution >= 4 is 5.91 Å². The van der Waals surface area contributed by atoms with E-state index in [0.717, 1.165) is 12.1 Å². The molecule has 1 aromatic carbocycles. The van der Waals surface area contributed by atoms with Crippen LogP contribution in [0.4, 0.5) is 13.2 Å². The van der Waals surface area contributed by atoms with Gasteiger partial charge in [-0.1, -0.05) is 12.1 Å². The number of hydrogen-bond donors (Lipinski definition) is 2. The van der Waals surface area contributed by atoms with Crippen LogP contribution in [0, 0.1) is 0 Å². The number of hydrogen-bond acceptors (Lipinski definition) is 2. The van der Waals surface area contributed by atoms with E-state index in [1.54, 1.807) is 29.9 Å². The molecule has 4 nitrogen and oxygen atoms in total. The summed E-state index contributed by atoms with van der Waals surface area (Å²) in [5.41, 5.74) is -0.903. The van der Waals surface area contributed by atoms with Crippen LogP contribution >= 0.6 is 0 Å². The van der Waals surface area contributed by atoms with E-state index in [2.05, 4.69) is 5.32 Å². The zero-order valence-electron chi connectivity index (χ0n) is 11.8. The summed E-state index contributed by atoms with van der Waals surface area (Å²) in [7, 11) is 1.72. The number of nitrogens with zero attached hydrogens (tertiary/aromatic N) is 1. The lowest BCUT2D eigenvalue weighted by Gasteiger charge is -2.15. The van der Waals surface area contributed by atoms with Gasteiger partial charge in [0.15, 0.2) is 0 Å². The number of nitrogens with one attached hydrogen (secondary N) is 1. The Bertz CT molecular complexity index is 665. The normalized spacial score (nSPS) is 13.0. The van der Waals surface area contributed by atoms with Crippen LogP contribution in [0.5, 0.6) is 0 Å². The molecule has 0 saturated carbocycles. The summed E-state index contributed by atoms with van der Waals surface area (Å²) in [6, 6.07) is 7.92. The highest BCUT2D eigenvalue weighted by Gasteiger charge is 2.34. The van der Waals surface area contributed by atoms with Gasteiger partial charge in [-0.15, -0.1) is 0 Å². The third kappa shape index (κ3) is 3.48. The molecule has 1 amide bonds. The number of aryl methyl sites for hydroxylation is 1. The number of aromatic nitrogens is 1. The van der Waals surface area contributed by atoms with E-state index in [9.17, 15) is 23.1 Å². The predicted octanol–water partition coefficient (Wildman–Crippen LogP) is 2.51. The number of carbonyl (C=O) groups excluding carboxylic acids is 1. The molecule has 1 heterocycles. The molecular weight excluding hydrogens is 297 g/mol. The molecule has 0 spiro atoms. The molecule has 0 saturated heterocycles. The Hall–Kier alpha value is -2.28. The molecule has 118 valence electrons. The van der Waals surface area contributed by atoms with Crippen molar-refractivity contribution < 1.29 is 23.1 Å². The Balaban J connectivity index is 2.09. The van der Waals surface area contributed by atoms with E-state index in [4.69, 9.17) is 0 Å². The SMILES string of the molecule is Cn1cccc1C(O)CNC(=O)c1ccccc1C(F)(F)F. The summed E-state index contributed by atoms with van der Waals surface area (Å²) in [6.45, 7) is -0.178. The van der Waals surface area contributed by atoms with Crippen LogP contribution in [-0.4, -0.2) is 22.1 Å². The van der Waals surface area contributed by atoms with Crippen molar-refractivity contribution in [1.82, 2.24) is 9.88 Å². The fraction of sp³-hybridized carbons (Fsp3) is 0.267. The van der Waals surface area contributed by atoms with Gasteiger partial charge < -0.3 is 15.0 Å². The first-order valence-corrected chi connectivity index (χ1v) is 6.54. The lowest BCUT2D eigenvalue weighted by molar-refractivity contribution is -0.137. The maximum atomic E-state index is 12.9. The molecule has 0 aliphatic carbocycles. The van der Waals surface area contributed by atoms with Gasteiger partial charge in [0.25, 0.3) is 5.91 Å². The summed E-state index contributed by atoms with van der Waals surface area (Å²) in [6.07, 6.45) is -3.88. The third-order valence-electron chi connectivity index (χ3n) is 3.26. The van der Waals surface area contributed by atoms with Crippen molar-refractivity contribution in [2.75, 3.05) is 6.54 Å². The average molecular weight is 312 g/mol. The Morgan fingerprint density at radius 3 is 2.55 bits per heavy atom. The van der Waals surface area contributed by atoms with Gasteiger partial charge in [-0.3, -0.25) is 4.79 Å². The van der Waals surface area contributed by atoms with Gasteiger partial charge in [0.05, 0.1) is 11.1 Å². The van der Waals surface area contributed by atoms with Gasteiger partial charge in [-0.05, 0) is 24.3 Å². The number of rotatable bonds is 4. The average Bonchev–Trinajstić information content (AvgIpc) is 2.89. The van der Waals surface area contributed by atoms with Crippen LogP contribution in [-0.2, 0) is 13.2 Å². The van der Waals surface area contributed by atoms with E-state index in [1.165, 1.54) is 12.1 Å². The molecular formula is C15H15F3N2O2. The minimum atomic E-state index is -4.61. The van der Waals surface area contributed by atoms with E-state index in [-0.39, 0.29) is 6.54 Å². The Kier molecular flexibility index (Phi) is 4.56. The third-order valence-corrected chi connectivity index (χ3v) is 3.26. The molecule has 0 aliphatic rings. The smallest absolute Gasteiger partial charge is 0.385 e. The second-order valence-electron chi connectivity index (χ2n) is 4.81. The number of benzene rings is 1. The van der Waals surface area contributed by atoms with E-state index < -0.39 is 29.3 Å². The molecule has 2 N–H and O–H groups in total. The van der Waals surface area contributed by atoms with Crippen LogP contribution in [0.1, 0.15) is 27.7 Å². The Morgan fingerprint density at radius 2 is 1.95 bits per heavy atom. The Morgan fingerprint density at radius 1 is 1.27 bits per heavy atom. The number of alkyl halides is 3. The standard InChI is InChI=1S/C15H15F3N2O2/c1-20-8-4-7-12(20)13(21)9-19-14(22)10-5-2-3-6-11(10)15(16,17)18/h2-8,13,21H,9H2,1H3,(H,19,22). The summed E-state index contributed by atoms with van der Waals surface area (Å²) >= 11 is 0. The van der Waals surface area contributed by atoms with Gasteiger partial charge in [0.2, 0.25) is 0 Å². The largest absolute Gasteiger partial charge is 0.417 e. The fourth-order valence-corrected chi connectivity index (χ4v) is 2.14. The molecule has 0 fully saturated rings. The molecule has 0 radical (unpaired) electrons. The number of halogens is 3. The molecule has 2 aromatic rings. The summed E-state index contributed by atoms with van der Waals surface area (Å²) in [5, 5.41) is 12.3. The van der Waals surface area contributed by atoms with Gasteiger partial charge in [0.1, 0.15) is 6.10 Å². The number of aliphatic hydroxyl groups is 1. The summed E-state index contributed by atoms with van der Waals surface area (Å²) in [4.78, 5) is 11.9. The minimum Gasteiger partial charge on any atom is -0.385 e. The maximum Gasteiger partial charge on any atom is 0.417 e. The highest BCUT2D eigenvalue weighted by molar-refractivity contribution is 5.95. The van der Waals surface area contributed by atoms with Crippen molar-refractivity contribution in [3.63, 3.8) is 0 Å². The zero-order valence-corrected chi connectivity index (χ0v) is 11.8. The molecule has 1 atom stereocenters. The molecule has 2 rings (SSSR count). The van der Waals surface area contributed by atoms with Gasteiger partial charge in [-0.25, -0.2) is 0 Å². The van der Waals surface area contributed by atoms with Gasteiger partial charge in [-0.2, -0.15) is 13.2 Å². The van der Waals surface area contributed by atoms with Crippen molar-refractivity contribution in [3.8, 4) is 0 Å². The first-order valence-electron chi connectivity index (χ1n) is 6.54. The second-order valence-corrected chi connectivity index (χ2v) is 4.81. The number of carbonyl (C=O) groups is 1. The van der Waals surface area contributed by atoms with Crippen molar-refractivity contribution in [2.45, 2.75) is 12.3 Å². The quantitative estimate of drug-likeness (QED) is 0.911. The first-order chi connectivity index (χ1) is 10.3. The monoisotopic (exact) mass is 312 g/mol. The van der Waals surface area contributed by atoms with Crippen LogP contribution < -0.4 is 5.32 Å². The van der Waals surface area contributed by atoms with Crippen LogP contribution in [0.25, 0.3) is 0 Å². The Labute approximate surface area is 125 Å². The van der Waals surface area contributed by atoms with Crippen LogP contribution in [0.2, 0.25) is 0 Å². The number of aliphatic hydroxyl groups excluding tert-OH is 1. The minimum absolute atomic E-state index is 0.178. The molecule has 0 bridgehead atoms. The van der Waals surface area contributed by atoms with Crippen LogP contribution in [0.15, 0.2) is 42.6 Å². The summed E-state index contributed by atoms with van der Waals surface area (Å²) < 4.78 is 40.2. The summed E-state index contributed by atoms with van der Waals surface area (Å²) in [5.74, 6) is -0.874. The lowest BCUT2D eigenvalue weighted by Crippen LogP contribution is -2.30. The molecule has 1 aromatic heterocycles. The topological polar surface area (TPSA) is 54.3 Å². The van der Waals surface area contributed by atoms with Crippen LogP contribution in [0.3, 0.4) is 0 Å². The molecule has 1 unspecified atom stereocenters. The van der Waals surface area contributed by atoms with E-state index in [0.29, 0.717) is 5.69 Å². The van der Waals surface area contributed by atoms with E-state index in [1.807, 2.05) is 0 Å². The molecule has 7 heteroatoms. The highest BCUT2D eigenvalue weighted by atomic mass is 19.4. The van der Waals surface area contributed by atoms with Crippen molar-refractivity contribution in [1.29, 1.82) is 0 Å². The lowest BCUT2D eigenvalue weighted by atomic mass is 10.1. The fourth-order valence-electron chi connectivity index (χ4n) is 2.14. The molecule has 22 heavy (non-hydrogen) atoms.